The van der Waals surface area contributed by atoms with Crippen LogP contribution in [0.2, 0.25) is 0 Å². The molecular weight excluding hydrogens is 391 g/mol. The molecule has 0 saturated heterocycles. The third-order valence-corrected chi connectivity index (χ3v) is 4.98. The number of anilines is 1. The average Bonchev–Trinajstić information content (AvgIpc) is 3.19. The Bertz CT molecular complexity index is 1210. The highest BCUT2D eigenvalue weighted by Crippen LogP contribution is 2.18. The van der Waals surface area contributed by atoms with Crippen molar-refractivity contribution in [3.63, 3.8) is 0 Å². The quantitative estimate of drug-likeness (QED) is 0.316. The molecule has 0 bridgehead atoms. The van der Waals surface area contributed by atoms with Gasteiger partial charge in [0.1, 0.15) is 5.82 Å². The van der Waals surface area contributed by atoms with Crippen molar-refractivity contribution in [1.82, 2.24) is 10.3 Å². The normalized spacial score (nSPS) is 11.5. The molecule has 4 aromatic rings. The maximum Gasteiger partial charge on any atom is 0.257 e. The number of H-pyrrole nitrogens is 1. The van der Waals surface area contributed by atoms with Crippen molar-refractivity contribution in [3.05, 3.63) is 102 Å². The number of aromatic amines is 1. The highest BCUT2D eigenvalue weighted by Gasteiger charge is 2.10. The van der Waals surface area contributed by atoms with E-state index in [0.29, 0.717) is 30.2 Å². The fourth-order valence-corrected chi connectivity index (χ4v) is 3.29. The molecule has 5 nitrogen and oxygen atoms in total. The minimum atomic E-state index is -0.327. The summed E-state index contributed by atoms with van der Waals surface area (Å²) in [5.74, 6) is -0.274. The van der Waals surface area contributed by atoms with Crippen molar-refractivity contribution < 1.29 is 9.18 Å². The predicted octanol–water partition coefficient (Wildman–Crippen LogP) is 5.06. The van der Waals surface area contributed by atoms with Gasteiger partial charge in [-0.3, -0.25) is 15.1 Å². The van der Waals surface area contributed by atoms with Crippen LogP contribution in [0.3, 0.4) is 0 Å². The molecular formula is C25H23FN4O. The first-order valence-corrected chi connectivity index (χ1v) is 10.1. The van der Waals surface area contributed by atoms with Crippen molar-refractivity contribution in [1.29, 1.82) is 0 Å². The van der Waals surface area contributed by atoms with Gasteiger partial charge in [-0.15, -0.1) is 0 Å². The standard InChI is InChI=1S/C25H23FN4O/c1-17-6-8-18(9-7-17)24(31)30-25(29-21-12-10-20(26)11-13-21)27-15-14-19-16-28-23-5-3-2-4-22(19)23/h2-13,16,28H,14-15H2,1H3,(H2,27,29,30,31). The SMILES string of the molecule is Cc1ccc(C(=O)NC(=NCCc2c[nH]c3ccccc23)Nc2ccc(F)cc2)cc1. The molecule has 0 aliphatic heterocycles. The Morgan fingerprint density at radius 3 is 2.52 bits per heavy atom. The summed E-state index contributed by atoms with van der Waals surface area (Å²) in [5.41, 5.74) is 4.49. The number of guanidine groups is 1. The van der Waals surface area contributed by atoms with Crippen LogP contribution < -0.4 is 10.6 Å². The van der Waals surface area contributed by atoms with E-state index in [-0.39, 0.29) is 11.7 Å². The molecule has 0 fully saturated rings. The molecule has 0 aliphatic rings. The van der Waals surface area contributed by atoms with Crippen molar-refractivity contribution in [3.8, 4) is 0 Å². The maximum atomic E-state index is 13.2. The molecule has 1 aromatic heterocycles. The second-order valence-corrected chi connectivity index (χ2v) is 7.29. The second kappa shape index (κ2) is 9.26. The van der Waals surface area contributed by atoms with Crippen LogP contribution in [0, 0.1) is 12.7 Å². The molecule has 3 aromatic carbocycles. The summed E-state index contributed by atoms with van der Waals surface area (Å²) in [5, 5.41) is 7.07. The van der Waals surface area contributed by atoms with Crippen LogP contribution in [0.4, 0.5) is 10.1 Å². The number of amides is 1. The Labute approximate surface area is 180 Å². The number of aryl methyl sites for hydroxylation is 1. The Morgan fingerprint density at radius 1 is 1.00 bits per heavy atom. The Hall–Kier alpha value is -3.93. The second-order valence-electron chi connectivity index (χ2n) is 7.29. The number of nitrogens with zero attached hydrogens (tertiary/aromatic N) is 1. The van der Waals surface area contributed by atoms with Crippen LogP contribution in [0.1, 0.15) is 21.5 Å². The van der Waals surface area contributed by atoms with Gasteiger partial charge in [0.15, 0.2) is 0 Å². The fourth-order valence-electron chi connectivity index (χ4n) is 3.29. The summed E-state index contributed by atoms with van der Waals surface area (Å²) in [6.45, 7) is 2.44. The van der Waals surface area contributed by atoms with E-state index in [2.05, 4.69) is 26.7 Å². The van der Waals surface area contributed by atoms with Crippen molar-refractivity contribution >= 4 is 28.5 Å². The van der Waals surface area contributed by atoms with Crippen molar-refractivity contribution in [2.45, 2.75) is 13.3 Å². The van der Waals surface area contributed by atoms with Crippen LogP contribution in [0.25, 0.3) is 10.9 Å². The number of carbonyl (C=O) groups is 1. The van der Waals surface area contributed by atoms with E-state index in [1.807, 2.05) is 43.5 Å². The van der Waals surface area contributed by atoms with E-state index in [4.69, 9.17) is 0 Å². The van der Waals surface area contributed by atoms with Gasteiger partial charge in [0.2, 0.25) is 5.96 Å². The van der Waals surface area contributed by atoms with E-state index in [1.54, 1.807) is 24.3 Å². The van der Waals surface area contributed by atoms with E-state index in [9.17, 15) is 9.18 Å². The maximum absolute atomic E-state index is 13.2. The number of rotatable bonds is 5. The molecule has 4 rings (SSSR count). The van der Waals surface area contributed by atoms with Crippen molar-refractivity contribution in [2.24, 2.45) is 4.99 Å². The molecule has 0 saturated carbocycles. The third-order valence-electron chi connectivity index (χ3n) is 4.98. The zero-order valence-corrected chi connectivity index (χ0v) is 17.2. The zero-order chi connectivity index (χ0) is 21.6. The van der Waals surface area contributed by atoms with E-state index in [0.717, 1.165) is 22.0 Å². The summed E-state index contributed by atoms with van der Waals surface area (Å²) in [7, 11) is 0. The summed E-state index contributed by atoms with van der Waals surface area (Å²) in [6.07, 6.45) is 2.69. The lowest BCUT2D eigenvalue weighted by molar-refractivity contribution is 0.0977. The van der Waals surface area contributed by atoms with Gasteiger partial charge in [-0.05, 0) is 61.4 Å². The van der Waals surface area contributed by atoms with Gasteiger partial charge in [-0.1, -0.05) is 35.9 Å². The molecule has 156 valence electrons. The van der Waals surface area contributed by atoms with Gasteiger partial charge in [-0.25, -0.2) is 4.39 Å². The van der Waals surface area contributed by atoms with Gasteiger partial charge in [-0.2, -0.15) is 0 Å². The first kappa shape index (κ1) is 20.3. The van der Waals surface area contributed by atoms with Gasteiger partial charge in [0.05, 0.1) is 0 Å². The first-order chi connectivity index (χ1) is 15.1. The summed E-state index contributed by atoms with van der Waals surface area (Å²) < 4.78 is 13.2. The number of halogens is 1. The molecule has 0 spiro atoms. The van der Waals surface area contributed by atoms with Gasteiger partial charge in [0.25, 0.3) is 5.91 Å². The van der Waals surface area contributed by atoms with E-state index >= 15 is 0 Å². The molecule has 1 heterocycles. The van der Waals surface area contributed by atoms with Crippen LogP contribution in [0.5, 0.6) is 0 Å². The van der Waals surface area contributed by atoms with Crippen LogP contribution in [-0.4, -0.2) is 23.4 Å². The summed E-state index contributed by atoms with van der Waals surface area (Å²) in [4.78, 5) is 20.5. The molecule has 0 atom stereocenters. The lowest BCUT2D eigenvalue weighted by Crippen LogP contribution is -2.36. The Kier molecular flexibility index (Phi) is 6.08. The van der Waals surface area contributed by atoms with E-state index < -0.39 is 0 Å². The van der Waals surface area contributed by atoms with Gasteiger partial charge >= 0.3 is 0 Å². The van der Waals surface area contributed by atoms with Crippen LogP contribution in [-0.2, 0) is 6.42 Å². The Morgan fingerprint density at radius 2 is 1.74 bits per heavy atom. The summed E-state index contributed by atoms with van der Waals surface area (Å²) >= 11 is 0. The fraction of sp³-hybridized carbons (Fsp3) is 0.120. The molecule has 3 N–H and O–H groups in total. The highest BCUT2D eigenvalue weighted by atomic mass is 19.1. The molecule has 31 heavy (non-hydrogen) atoms. The summed E-state index contributed by atoms with van der Waals surface area (Å²) in [6, 6.07) is 21.3. The number of nitrogens with one attached hydrogen (secondary N) is 3. The smallest absolute Gasteiger partial charge is 0.257 e. The lowest BCUT2D eigenvalue weighted by atomic mass is 10.1. The first-order valence-electron chi connectivity index (χ1n) is 10.1. The topological polar surface area (TPSA) is 69.3 Å². The zero-order valence-electron chi connectivity index (χ0n) is 17.2. The lowest BCUT2D eigenvalue weighted by Gasteiger charge is -2.12. The average molecular weight is 414 g/mol. The van der Waals surface area contributed by atoms with Gasteiger partial charge in [0, 0.05) is 34.9 Å². The number of para-hydroxylation sites is 1. The monoisotopic (exact) mass is 414 g/mol. The number of fused-ring (bicyclic) bond motifs is 1. The minimum Gasteiger partial charge on any atom is -0.361 e. The Balaban J connectivity index is 1.51. The number of aliphatic imine (C=N–C) groups is 1. The highest BCUT2D eigenvalue weighted by molar-refractivity contribution is 6.10. The number of carbonyl (C=O) groups excluding carboxylic acids is 1. The molecule has 1 amide bonds. The number of aromatic nitrogens is 1. The largest absolute Gasteiger partial charge is 0.361 e. The predicted molar refractivity (Wildman–Crippen MR) is 123 cm³/mol. The molecule has 0 radical (unpaired) electrons. The number of hydrogen-bond acceptors (Lipinski definition) is 2. The van der Waals surface area contributed by atoms with E-state index in [1.165, 1.54) is 12.1 Å². The molecule has 6 heteroatoms. The number of benzene rings is 3. The molecule has 0 unspecified atom stereocenters. The molecule has 0 aliphatic carbocycles. The minimum absolute atomic E-state index is 0.263. The van der Waals surface area contributed by atoms with Crippen molar-refractivity contribution in [2.75, 3.05) is 11.9 Å². The number of hydrogen-bond donors (Lipinski definition) is 3. The van der Waals surface area contributed by atoms with Crippen LogP contribution in [0.15, 0.2) is 84.0 Å². The van der Waals surface area contributed by atoms with Gasteiger partial charge < -0.3 is 10.3 Å². The third kappa shape index (κ3) is 5.17. The van der Waals surface area contributed by atoms with Crippen LogP contribution >= 0.6 is 0 Å².